The fraction of sp³-hybridized carbons (Fsp3) is 0.375. The summed E-state index contributed by atoms with van der Waals surface area (Å²) in [6.45, 7) is -1.25. The second kappa shape index (κ2) is 5.19. The molecular formula is C8H11ClF2N2O. The Morgan fingerprint density at radius 2 is 1.93 bits per heavy atom. The first-order valence-corrected chi connectivity index (χ1v) is 3.72. The maximum atomic E-state index is 12.8. The molecule has 0 bridgehead atoms. The lowest BCUT2D eigenvalue weighted by molar-refractivity contribution is -0.0711. The van der Waals surface area contributed by atoms with Crippen molar-refractivity contribution in [1.82, 2.24) is 4.98 Å². The molecule has 3 nitrogen and oxygen atoms in total. The predicted molar refractivity (Wildman–Crippen MR) is 50.4 cm³/mol. The first-order chi connectivity index (χ1) is 6.08. The van der Waals surface area contributed by atoms with Gasteiger partial charge in [0.2, 0.25) is 0 Å². The van der Waals surface area contributed by atoms with Crippen molar-refractivity contribution in [2.24, 2.45) is 5.73 Å². The lowest BCUT2D eigenvalue weighted by atomic mass is 10.0. The topological polar surface area (TPSA) is 59.1 Å². The number of pyridine rings is 1. The van der Waals surface area contributed by atoms with Crippen molar-refractivity contribution in [2.75, 3.05) is 6.61 Å². The van der Waals surface area contributed by atoms with Crippen LogP contribution in [0.15, 0.2) is 24.5 Å². The van der Waals surface area contributed by atoms with Crippen LogP contribution in [-0.2, 0) is 0 Å². The zero-order valence-electron chi connectivity index (χ0n) is 7.23. The molecule has 0 saturated carbocycles. The number of alkyl halides is 2. The molecule has 0 spiro atoms. The SMILES string of the molecule is Cl.N[C@H](c1ccncc1)C(F)(F)CO. The highest BCUT2D eigenvalue weighted by atomic mass is 35.5. The number of nitrogens with zero attached hydrogens (tertiary/aromatic N) is 1. The lowest BCUT2D eigenvalue weighted by Gasteiger charge is -2.21. The summed E-state index contributed by atoms with van der Waals surface area (Å²) in [4.78, 5) is 3.67. The molecule has 0 aliphatic carbocycles. The van der Waals surface area contributed by atoms with Gasteiger partial charge in [-0.25, -0.2) is 8.78 Å². The Morgan fingerprint density at radius 1 is 1.43 bits per heavy atom. The largest absolute Gasteiger partial charge is 0.390 e. The zero-order valence-corrected chi connectivity index (χ0v) is 8.05. The van der Waals surface area contributed by atoms with Crippen molar-refractivity contribution in [3.63, 3.8) is 0 Å². The molecule has 80 valence electrons. The minimum Gasteiger partial charge on any atom is -0.390 e. The summed E-state index contributed by atoms with van der Waals surface area (Å²) in [6.07, 6.45) is 2.76. The average Bonchev–Trinajstić information content (AvgIpc) is 2.18. The van der Waals surface area contributed by atoms with Crippen molar-refractivity contribution in [3.05, 3.63) is 30.1 Å². The number of rotatable bonds is 3. The van der Waals surface area contributed by atoms with E-state index in [4.69, 9.17) is 10.8 Å². The van der Waals surface area contributed by atoms with Crippen LogP contribution in [0.3, 0.4) is 0 Å². The summed E-state index contributed by atoms with van der Waals surface area (Å²) in [5.74, 6) is -3.29. The van der Waals surface area contributed by atoms with Crippen molar-refractivity contribution < 1.29 is 13.9 Å². The van der Waals surface area contributed by atoms with E-state index in [0.29, 0.717) is 0 Å². The minimum absolute atomic E-state index is 0. The van der Waals surface area contributed by atoms with Crippen molar-refractivity contribution in [1.29, 1.82) is 0 Å². The van der Waals surface area contributed by atoms with E-state index in [-0.39, 0.29) is 18.0 Å². The molecule has 1 atom stereocenters. The van der Waals surface area contributed by atoms with Gasteiger partial charge in [0.05, 0.1) is 6.04 Å². The van der Waals surface area contributed by atoms with Crippen LogP contribution in [0.25, 0.3) is 0 Å². The van der Waals surface area contributed by atoms with Crippen LogP contribution in [0.5, 0.6) is 0 Å². The smallest absolute Gasteiger partial charge is 0.289 e. The molecule has 1 rings (SSSR count). The molecule has 0 saturated heterocycles. The highest BCUT2D eigenvalue weighted by Crippen LogP contribution is 2.27. The molecular weight excluding hydrogens is 214 g/mol. The number of hydrogen-bond donors (Lipinski definition) is 2. The third-order valence-electron chi connectivity index (χ3n) is 1.73. The van der Waals surface area contributed by atoms with E-state index >= 15 is 0 Å². The fourth-order valence-electron chi connectivity index (χ4n) is 0.913. The molecule has 3 N–H and O–H groups in total. The second-order valence-electron chi connectivity index (χ2n) is 2.68. The molecule has 0 unspecified atom stereocenters. The number of halogens is 3. The van der Waals surface area contributed by atoms with Gasteiger partial charge in [-0.3, -0.25) is 4.98 Å². The average molecular weight is 225 g/mol. The molecule has 0 aromatic carbocycles. The molecule has 0 fully saturated rings. The Hall–Kier alpha value is -0.780. The van der Waals surface area contributed by atoms with Crippen LogP contribution in [0, 0.1) is 0 Å². The van der Waals surface area contributed by atoms with Gasteiger partial charge in [-0.2, -0.15) is 0 Å². The minimum atomic E-state index is -3.29. The van der Waals surface area contributed by atoms with Crippen LogP contribution < -0.4 is 5.73 Å². The van der Waals surface area contributed by atoms with Crippen molar-refractivity contribution >= 4 is 12.4 Å². The summed E-state index contributed by atoms with van der Waals surface area (Å²) in [6, 6.07) is 1.31. The quantitative estimate of drug-likeness (QED) is 0.809. The number of aromatic nitrogens is 1. The van der Waals surface area contributed by atoms with Crippen LogP contribution >= 0.6 is 12.4 Å². The molecule has 1 aromatic heterocycles. The molecule has 0 amide bonds. The summed E-state index contributed by atoms with van der Waals surface area (Å²) in [7, 11) is 0. The van der Waals surface area contributed by atoms with Crippen molar-refractivity contribution in [2.45, 2.75) is 12.0 Å². The highest BCUT2D eigenvalue weighted by molar-refractivity contribution is 5.85. The molecule has 14 heavy (non-hydrogen) atoms. The molecule has 6 heteroatoms. The summed E-state index contributed by atoms with van der Waals surface area (Å²) in [5, 5.41) is 8.38. The lowest BCUT2D eigenvalue weighted by Crippen LogP contribution is -2.36. The van der Waals surface area contributed by atoms with Crippen LogP contribution in [0.1, 0.15) is 11.6 Å². The fourth-order valence-corrected chi connectivity index (χ4v) is 0.913. The van der Waals surface area contributed by atoms with E-state index in [0.717, 1.165) is 0 Å². The third kappa shape index (κ3) is 2.87. The number of hydrogen-bond acceptors (Lipinski definition) is 3. The van der Waals surface area contributed by atoms with Gasteiger partial charge in [-0.05, 0) is 17.7 Å². The van der Waals surface area contributed by atoms with E-state index < -0.39 is 18.6 Å². The van der Waals surface area contributed by atoms with E-state index in [2.05, 4.69) is 4.98 Å². The van der Waals surface area contributed by atoms with Gasteiger partial charge in [0.15, 0.2) is 0 Å². The maximum absolute atomic E-state index is 12.8. The number of aliphatic hydroxyl groups is 1. The van der Waals surface area contributed by atoms with Gasteiger partial charge in [0.1, 0.15) is 6.61 Å². The Kier molecular flexibility index (Phi) is 4.90. The van der Waals surface area contributed by atoms with E-state index in [9.17, 15) is 8.78 Å². The molecule has 1 aromatic rings. The Balaban J connectivity index is 0.00000169. The van der Waals surface area contributed by atoms with Gasteiger partial charge in [-0.15, -0.1) is 12.4 Å². The third-order valence-corrected chi connectivity index (χ3v) is 1.73. The number of aliphatic hydroxyl groups excluding tert-OH is 1. The molecule has 0 aliphatic heterocycles. The Morgan fingerprint density at radius 3 is 2.36 bits per heavy atom. The standard InChI is InChI=1S/C8H10F2N2O.ClH/c9-8(10,5-13)7(11)6-1-3-12-4-2-6;/h1-4,7,13H,5,11H2;1H/t7-;/m1./s1. The van der Waals surface area contributed by atoms with Gasteiger partial charge in [0, 0.05) is 12.4 Å². The predicted octanol–water partition coefficient (Wildman–Crippen LogP) is 1.13. The molecule has 0 aliphatic rings. The highest BCUT2D eigenvalue weighted by Gasteiger charge is 2.37. The van der Waals surface area contributed by atoms with E-state index in [1.54, 1.807) is 0 Å². The molecule has 0 radical (unpaired) electrons. The van der Waals surface area contributed by atoms with Gasteiger partial charge in [0.25, 0.3) is 5.92 Å². The van der Waals surface area contributed by atoms with Crippen LogP contribution in [0.2, 0.25) is 0 Å². The monoisotopic (exact) mass is 224 g/mol. The normalized spacial score (nSPS) is 13.1. The van der Waals surface area contributed by atoms with Gasteiger partial charge < -0.3 is 10.8 Å². The van der Waals surface area contributed by atoms with Gasteiger partial charge in [-0.1, -0.05) is 0 Å². The van der Waals surface area contributed by atoms with E-state index in [1.165, 1.54) is 24.5 Å². The summed E-state index contributed by atoms with van der Waals surface area (Å²) in [5.41, 5.74) is 5.50. The number of nitrogens with two attached hydrogens (primary N) is 1. The Bertz CT molecular complexity index is 271. The second-order valence-corrected chi connectivity index (χ2v) is 2.68. The zero-order chi connectivity index (χ0) is 9.90. The Labute approximate surface area is 86.4 Å². The van der Waals surface area contributed by atoms with Gasteiger partial charge >= 0.3 is 0 Å². The first-order valence-electron chi connectivity index (χ1n) is 3.72. The van der Waals surface area contributed by atoms with Crippen molar-refractivity contribution in [3.8, 4) is 0 Å². The van der Waals surface area contributed by atoms with Crippen LogP contribution in [-0.4, -0.2) is 22.6 Å². The first kappa shape index (κ1) is 13.2. The van der Waals surface area contributed by atoms with E-state index in [1.807, 2.05) is 0 Å². The summed E-state index contributed by atoms with van der Waals surface area (Å²) >= 11 is 0. The molecule has 1 heterocycles. The maximum Gasteiger partial charge on any atom is 0.289 e. The van der Waals surface area contributed by atoms with Crippen LogP contribution in [0.4, 0.5) is 8.78 Å². The summed E-state index contributed by atoms with van der Waals surface area (Å²) < 4.78 is 25.7.